The van der Waals surface area contributed by atoms with Crippen LogP contribution in [0.4, 0.5) is 0 Å². The maximum atomic E-state index is 2.34. The van der Waals surface area contributed by atoms with Gasteiger partial charge in [-0.3, -0.25) is 0 Å². The Morgan fingerprint density at radius 2 is 0.512 bits per heavy atom. The zero-order chi connectivity index (χ0) is 28.1. The molecule has 6 rings (SSSR count). The Morgan fingerprint density at radius 3 is 0.756 bits per heavy atom. The van der Waals surface area contributed by atoms with Crippen molar-refractivity contribution in [3.8, 4) is 0 Å². The normalized spacial score (nSPS) is 11.8. The predicted octanol–water partition coefficient (Wildman–Crippen LogP) is 10.1. The van der Waals surface area contributed by atoms with Crippen LogP contribution in [-0.4, -0.2) is 0 Å². The second-order valence-corrected chi connectivity index (χ2v) is 11.2. The lowest BCUT2D eigenvalue weighted by Crippen LogP contribution is -2.41. The lowest BCUT2D eigenvalue weighted by molar-refractivity contribution is 0.440. The van der Waals surface area contributed by atoms with E-state index >= 15 is 0 Å². The second kappa shape index (κ2) is 11.4. The average Bonchev–Trinajstić information content (AvgIpc) is 3.05. The highest BCUT2D eigenvalue weighted by molar-refractivity contribution is 5.58. The van der Waals surface area contributed by atoms with E-state index in [4.69, 9.17) is 0 Å². The number of hydrogen-bond donors (Lipinski definition) is 0. The number of rotatable bonds is 8. The van der Waals surface area contributed by atoms with Crippen molar-refractivity contribution < 1.29 is 0 Å². The first-order chi connectivity index (χ1) is 20.1. The molecular weight excluding hydrogens is 492 g/mol. The van der Waals surface area contributed by atoms with E-state index in [2.05, 4.69) is 184 Å². The van der Waals surface area contributed by atoms with Crippen LogP contribution in [-0.2, 0) is 10.8 Å². The predicted molar refractivity (Wildman–Crippen MR) is 173 cm³/mol. The first-order valence-corrected chi connectivity index (χ1v) is 14.5. The van der Waals surface area contributed by atoms with Crippen molar-refractivity contribution in [1.82, 2.24) is 0 Å². The summed E-state index contributed by atoms with van der Waals surface area (Å²) in [5, 5.41) is 0. The molecule has 200 valence electrons. The van der Waals surface area contributed by atoms with Crippen LogP contribution in [0.5, 0.6) is 0 Å². The van der Waals surface area contributed by atoms with E-state index in [0.717, 1.165) is 6.42 Å². The zero-order valence-corrected chi connectivity index (χ0v) is 23.9. The summed E-state index contributed by atoms with van der Waals surface area (Å²) >= 11 is 0. The SMILES string of the molecule is Cc1ccc(C(CC(c2ccccc2)(c2ccccc2)c2ccc(C)cc2)(c2ccccc2)c2ccccc2)cc1. The van der Waals surface area contributed by atoms with Crippen molar-refractivity contribution in [3.63, 3.8) is 0 Å². The molecule has 0 saturated heterocycles. The maximum absolute atomic E-state index is 2.34. The number of aryl methyl sites for hydroxylation is 2. The molecule has 0 aromatic heterocycles. The summed E-state index contributed by atoms with van der Waals surface area (Å²) in [5.74, 6) is 0. The molecule has 0 aliphatic rings. The Labute approximate surface area is 245 Å². The molecule has 6 aromatic carbocycles. The van der Waals surface area contributed by atoms with Crippen LogP contribution in [0.15, 0.2) is 170 Å². The Morgan fingerprint density at radius 1 is 0.293 bits per heavy atom. The summed E-state index contributed by atoms with van der Waals surface area (Å²) in [4.78, 5) is 0. The van der Waals surface area contributed by atoms with Gasteiger partial charge in [-0.1, -0.05) is 181 Å². The minimum absolute atomic E-state index is 0.438. The van der Waals surface area contributed by atoms with Crippen molar-refractivity contribution in [2.75, 3.05) is 0 Å². The fraction of sp³-hybridized carbons (Fsp3) is 0.122. The van der Waals surface area contributed by atoms with Gasteiger partial charge in [0.05, 0.1) is 0 Å². The molecule has 0 unspecified atom stereocenters. The average molecular weight is 529 g/mol. The topological polar surface area (TPSA) is 0 Å². The van der Waals surface area contributed by atoms with E-state index in [1.165, 1.54) is 44.5 Å². The van der Waals surface area contributed by atoms with Gasteiger partial charge in [0.25, 0.3) is 0 Å². The van der Waals surface area contributed by atoms with Gasteiger partial charge in [-0.05, 0) is 53.6 Å². The largest absolute Gasteiger partial charge is 0.0622 e. The minimum atomic E-state index is -0.438. The summed E-state index contributed by atoms with van der Waals surface area (Å²) in [7, 11) is 0. The third-order valence-corrected chi connectivity index (χ3v) is 8.69. The molecule has 6 aromatic rings. The molecule has 0 aliphatic heterocycles. The molecule has 0 amide bonds. The summed E-state index contributed by atoms with van der Waals surface area (Å²) in [5.41, 5.74) is 9.40. The van der Waals surface area contributed by atoms with Crippen LogP contribution in [0.1, 0.15) is 50.9 Å². The first-order valence-electron chi connectivity index (χ1n) is 14.5. The van der Waals surface area contributed by atoms with Crippen LogP contribution in [0.2, 0.25) is 0 Å². The summed E-state index contributed by atoms with van der Waals surface area (Å²) in [6.07, 6.45) is 0.814. The van der Waals surface area contributed by atoms with E-state index in [9.17, 15) is 0 Å². The molecule has 0 radical (unpaired) electrons. The standard InChI is InChI=1S/C41H36/c1-32-23-27-38(28-24-32)40(34-15-7-3-8-16-34,35-17-9-4-10-18-35)31-41(36-19-11-5-12-20-36,37-21-13-6-14-22-37)39-29-25-33(2)26-30-39/h3-30H,31H2,1-2H3. The molecule has 0 aliphatic carbocycles. The first kappa shape index (κ1) is 26.5. The molecule has 0 heterocycles. The Hall–Kier alpha value is -4.68. The van der Waals surface area contributed by atoms with Gasteiger partial charge >= 0.3 is 0 Å². The summed E-state index contributed by atoms with van der Waals surface area (Å²) in [6, 6.07) is 62.8. The quantitative estimate of drug-likeness (QED) is 0.172. The van der Waals surface area contributed by atoms with E-state index in [1.54, 1.807) is 0 Å². The highest BCUT2D eigenvalue weighted by Gasteiger charge is 2.47. The van der Waals surface area contributed by atoms with Gasteiger partial charge in [0, 0.05) is 10.8 Å². The van der Waals surface area contributed by atoms with E-state index in [0.29, 0.717) is 0 Å². The van der Waals surface area contributed by atoms with Gasteiger partial charge in [0.1, 0.15) is 0 Å². The monoisotopic (exact) mass is 528 g/mol. The molecule has 0 saturated carbocycles. The fourth-order valence-corrected chi connectivity index (χ4v) is 6.58. The van der Waals surface area contributed by atoms with Gasteiger partial charge in [-0.15, -0.1) is 0 Å². The Bertz CT molecular complexity index is 1460. The van der Waals surface area contributed by atoms with Gasteiger partial charge in [0.2, 0.25) is 0 Å². The van der Waals surface area contributed by atoms with Crippen LogP contribution in [0, 0.1) is 13.8 Å². The third kappa shape index (κ3) is 4.92. The van der Waals surface area contributed by atoms with Crippen molar-refractivity contribution in [2.45, 2.75) is 31.1 Å². The van der Waals surface area contributed by atoms with Crippen molar-refractivity contribution >= 4 is 0 Å². The second-order valence-electron chi connectivity index (χ2n) is 11.2. The zero-order valence-electron chi connectivity index (χ0n) is 23.9. The molecular formula is C41H36. The van der Waals surface area contributed by atoms with Gasteiger partial charge in [-0.25, -0.2) is 0 Å². The number of benzene rings is 6. The fourth-order valence-electron chi connectivity index (χ4n) is 6.58. The molecule has 41 heavy (non-hydrogen) atoms. The molecule has 0 N–H and O–H groups in total. The lowest BCUT2D eigenvalue weighted by atomic mass is 9.55. The maximum Gasteiger partial charge on any atom is 0.0466 e. The van der Waals surface area contributed by atoms with Crippen molar-refractivity contribution in [2.24, 2.45) is 0 Å². The van der Waals surface area contributed by atoms with Gasteiger partial charge in [0.15, 0.2) is 0 Å². The van der Waals surface area contributed by atoms with Crippen molar-refractivity contribution in [1.29, 1.82) is 0 Å². The Kier molecular flexibility index (Phi) is 7.40. The minimum Gasteiger partial charge on any atom is -0.0622 e. The van der Waals surface area contributed by atoms with Crippen LogP contribution in [0.3, 0.4) is 0 Å². The van der Waals surface area contributed by atoms with E-state index < -0.39 is 10.8 Å². The van der Waals surface area contributed by atoms with E-state index in [-0.39, 0.29) is 0 Å². The van der Waals surface area contributed by atoms with Crippen LogP contribution in [0.25, 0.3) is 0 Å². The van der Waals surface area contributed by atoms with Crippen LogP contribution >= 0.6 is 0 Å². The lowest BCUT2D eigenvalue weighted by Gasteiger charge is -2.46. The third-order valence-electron chi connectivity index (χ3n) is 8.69. The molecule has 0 atom stereocenters. The van der Waals surface area contributed by atoms with Gasteiger partial charge in [-0.2, -0.15) is 0 Å². The highest BCUT2D eigenvalue weighted by Crippen LogP contribution is 2.53. The molecule has 0 nitrogen and oxygen atoms in total. The molecule has 0 bridgehead atoms. The molecule has 0 spiro atoms. The van der Waals surface area contributed by atoms with E-state index in [1.807, 2.05) is 0 Å². The number of hydrogen-bond acceptors (Lipinski definition) is 0. The summed E-state index contributed by atoms with van der Waals surface area (Å²) in [6.45, 7) is 4.34. The summed E-state index contributed by atoms with van der Waals surface area (Å²) < 4.78 is 0. The van der Waals surface area contributed by atoms with Crippen molar-refractivity contribution in [3.05, 3.63) is 214 Å². The molecule has 0 fully saturated rings. The smallest absolute Gasteiger partial charge is 0.0466 e. The van der Waals surface area contributed by atoms with Gasteiger partial charge < -0.3 is 0 Å². The van der Waals surface area contributed by atoms with Crippen LogP contribution < -0.4 is 0 Å². The highest BCUT2D eigenvalue weighted by atomic mass is 14.5. The molecule has 0 heteroatoms. The Balaban J connectivity index is 1.76.